The van der Waals surface area contributed by atoms with Gasteiger partial charge in [0.15, 0.2) is 0 Å². The van der Waals surface area contributed by atoms with Gasteiger partial charge in [0, 0.05) is 31.5 Å². The molecule has 4 rings (SSSR count). The molecule has 186 valence electrons. The smallest absolute Gasteiger partial charge is 0.407 e. The zero-order valence-corrected chi connectivity index (χ0v) is 19.9. The van der Waals surface area contributed by atoms with Crippen LogP contribution in [0, 0.1) is 0 Å². The summed E-state index contributed by atoms with van der Waals surface area (Å²) in [6.07, 6.45) is 1.50. The number of carboxylic acids is 1. The van der Waals surface area contributed by atoms with E-state index >= 15 is 0 Å². The third kappa shape index (κ3) is 6.19. The van der Waals surface area contributed by atoms with Crippen LogP contribution >= 0.6 is 0 Å². The first kappa shape index (κ1) is 24.7. The predicted molar refractivity (Wildman–Crippen MR) is 130 cm³/mol. The maximum atomic E-state index is 12.5. The molecule has 1 fully saturated rings. The molecule has 2 aromatic carbocycles. The highest BCUT2D eigenvalue weighted by atomic mass is 16.5. The van der Waals surface area contributed by atoms with Crippen LogP contribution in [0.4, 0.5) is 4.79 Å². The largest absolute Gasteiger partial charge is 0.480 e. The van der Waals surface area contributed by atoms with Crippen molar-refractivity contribution < 1.29 is 29.0 Å². The number of carbonyl (C=O) groups excluding carboxylic acids is 2. The Labute approximate surface area is 205 Å². The van der Waals surface area contributed by atoms with Crippen molar-refractivity contribution in [2.45, 2.75) is 50.7 Å². The number of amides is 2. The maximum Gasteiger partial charge on any atom is 0.407 e. The van der Waals surface area contributed by atoms with Gasteiger partial charge in [-0.05, 0) is 48.4 Å². The zero-order chi connectivity index (χ0) is 24.8. The summed E-state index contributed by atoms with van der Waals surface area (Å²) in [7, 11) is 0. The van der Waals surface area contributed by atoms with Crippen molar-refractivity contribution in [3.05, 3.63) is 59.7 Å². The van der Waals surface area contributed by atoms with Crippen molar-refractivity contribution >= 4 is 18.0 Å². The Morgan fingerprint density at radius 2 is 1.63 bits per heavy atom. The van der Waals surface area contributed by atoms with Crippen molar-refractivity contribution in [2.75, 3.05) is 26.3 Å². The Morgan fingerprint density at radius 3 is 2.23 bits per heavy atom. The summed E-state index contributed by atoms with van der Waals surface area (Å²) in [5.41, 5.74) is 4.69. The van der Waals surface area contributed by atoms with Gasteiger partial charge in [0.1, 0.15) is 13.2 Å². The topological polar surface area (TPSA) is 105 Å². The van der Waals surface area contributed by atoms with Gasteiger partial charge in [-0.1, -0.05) is 48.5 Å². The molecule has 1 aliphatic carbocycles. The van der Waals surface area contributed by atoms with E-state index in [2.05, 4.69) is 29.6 Å². The highest BCUT2D eigenvalue weighted by Gasteiger charge is 2.29. The molecule has 2 aromatic rings. The number of benzene rings is 2. The number of aliphatic carboxylic acids is 1. The van der Waals surface area contributed by atoms with E-state index < -0.39 is 12.1 Å². The second kappa shape index (κ2) is 11.4. The fraction of sp³-hybridized carbons (Fsp3) is 0.444. The second-order valence-electron chi connectivity index (χ2n) is 9.19. The van der Waals surface area contributed by atoms with Crippen LogP contribution in [-0.2, 0) is 19.1 Å². The molecule has 35 heavy (non-hydrogen) atoms. The fourth-order valence-electron chi connectivity index (χ4n) is 4.87. The molecule has 1 unspecified atom stereocenters. The third-order valence-corrected chi connectivity index (χ3v) is 6.74. The first-order valence-electron chi connectivity index (χ1n) is 12.1. The van der Waals surface area contributed by atoms with Crippen LogP contribution in [0.1, 0.15) is 49.7 Å². The van der Waals surface area contributed by atoms with Gasteiger partial charge in [-0.2, -0.15) is 0 Å². The predicted octanol–water partition coefficient (Wildman–Crippen LogP) is 3.79. The summed E-state index contributed by atoms with van der Waals surface area (Å²) in [5, 5.41) is 11.5. The minimum Gasteiger partial charge on any atom is -0.480 e. The van der Waals surface area contributed by atoms with Crippen LogP contribution in [-0.4, -0.2) is 66.4 Å². The lowest BCUT2D eigenvalue weighted by atomic mass is 9.98. The van der Waals surface area contributed by atoms with Crippen LogP contribution in [0.3, 0.4) is 0 Å². The molecular weight excluding hydrogens is 448 g/mol. The average molecular weight is 481 g/mol. The third-order valence-electron chi connectivity index (χ3n) is 6.74. The number of ether oxygens (including phenoxy) is 2. The first-order chi connectivity index (χ1) is 16.9. The average Bonchev–Trinajstić information content (AvgIpc) is 3.19. The van der Waals surface area contributed by atoms with Gasteiger partial charge < -0.3 is 24.8 Å². The van der Waals surface area contributed by atoms with Crippen LogP contribution < -0.4 is 5.32 Å². The van der Waals surface area contributed by atoms with Crippen molar-refractivity contribution in [3.8, 4) is 11.1 Å². The first-order valence-corrected chi connectivity index (χ1v) is 12.1. The van der Waals surface area contributed by atoms with E-state index in [0.717, 1.165) is 11.1 Å². The van der Waals surface area contributed by atoms with Gasteiger partial charge in [0.05, 0.1) is 6.10 Å². The van der Waals surface area contributed by atoms with Gasteiger partial charge in [-0.3, -0.25) is 4.79 Å². The normalized spacial score (nSPS) is 16.3. The molecule has 0 bridgehead atoms. The molecule has 0 radical (unpaired) electrons. The van der Waals surface area contributed by atoms with E-state index in [1.807, 2.05) is 31.2 Å². The van der Waals surface area contributed by atoms with Crippen LogP contribution in [0.5, 0.6) is 0 Å². The van der Waals surface area contributed by atoms with Crippen LogP contribution in [0.15, 0.2) is 48.5 Å². The molecule has 1 saturated heterocycles. The lowest BCUT2D eigenvalue weighted by molar-refractivity contribution is -0.146. The van der Waals surface area contributed by atoms with Gasteiger partial charge >= 0.3 is 12.1 Å². The molecule has 2 N–H and O–H groups in total. The van der Waals surface area contributed by atoms with Crippen molar-refractivity contribution in [2.24, 2.45) is 0 Å². The number of likely N-dealkylation sites (tertiary alicyclic amines) is 1. The van der Waals surface area contributed by atoms with Gasteiger partial charge in [-0.15, -0.1) is 0 Å². The molecule has 8 heteroatoms. The lowest BCUT2D eigenvalue weighted by Crippen LogP contribution is -2.42. The second-order valence-corrected chi connectivity index (χ2v) is 9.19. The van der Waals surface area contributed by atoms with E-state index in [1.165, 1.54) is 11.1 Å². The van der Waals surface area contributed by atoms with Crippen LogP contribution in [0.2, 0.25) is 0 Å². The highest BCUT2D eigenvalue weighted by molar-refractivity contribution is 5.79. The number of hydrogen-bond acceptors (Lipinski definition) is 5. The summed E-state index contributed by atoms with van der Waals surface area (Å²) in [6.45, 7) is 2.91. The molecule has 2 amide bonds. The number of hydrogen-bond donors (Lipinski definition) is 2. The van der Waals surface area contributed by atoms with E-state index in [4.69, 9.17) is 14.6 Å². The van der Waals surface area contributed by atoms with Crippen molar-refractivity contribution in [1.29, 1.82) is 0 Å². The molecule has 1 heterocycles. The molecule has 0 spiro atoms. The molecular formula is C27H32N2O6. The maximum absolute atomic E-state index is 12.5. The Balaban J connectivity index is 1.19. The molecule has 0 saturated carbocycles. The summed E-state index contributed by atoms with van der Waals surface area (Å²) >= 11 is 0. The fourth-order valence-corrected chi connectivity index (χ4v) is 4.87. The number of alkyl carbamates (subject to hydrolysis) is 1. The molecule has 1 aliphatic heterocycles. The van der Waals surface area contributed by atoms with Crippen molar-refractivity contribution in [3.63, 3.8) is 0 Å². The van der Waals surface area contributed by atoms with E-state index in [0.29, 0.717) is 38.8 Å². The number of piperidine rings is 1. The van der Waals surface area contributed by atoms with E-state index in [9.17, 15) is 14.4 Å². The molecule has 8 nitrogen and oxygen atoms in total. The Bertz CT molecular complexity index is 1020. The Morgan fingerprint density at radius 1 is 1.03 bits per heavy atom. The van der Waals surface area contributed by atoms with E-state index in [-0.39, 0.29) is 37.2 Å². The van der Waals surface area contributed by atoms with Gasteiger partial charge in [0.2, 0.25) is 5.91 Å². The number of carboxylic acid groups (broad SMARTS) is 1. The highest BCUT2D eigenvalue weighted by Crippen LogP contribution is 2.44. The lowest BCUT2D eigenvalue weighted by Gasteiger charge is -2.32. The number of carbonyl (C=O) groups is 3. The minimum atomic E-state index is -0.985. The SMILES string of the molecule is CC(CCC(=O)N1CCC(OCC(=O)O)CC1)NC(=O)OCC1c2ccccc2-c2ccccc21. The zero-order valence-electron chi connectivity index (χ0n) is 19.9. The number of rotatable bonds is 9. The quantitative estimate of drug-likeness (QED) is 0.566. The summed E-state index contributed by atoms with van der Waals surface area (Å²) in [6, 6.07) is 16.2. The number of fused-ring (bicyclic) bond motifs is 3. The van der Waals surface area contributed by atoms with E-state index in [1.54, 1.807) is 4.90 Å². The summed E-state index contributed by atoms with van der Waals surface area (Å²) in [4.78, 5) is 37.4. The number of nitrogens with zero attached hydrogens (tertiary/aromatic N) is 1. The molecule has 1 atom stereocenters. The molecule has 2 aliphatic rings. The van der Waals surface area contributed by atoms with Crippen LogP contribution in [0.25, 0.3) is 11.1 Å². The summed E-state index contributed by atoms with van der Waals surface area (Å²) < 4.78 is 10.9. The minimum absolute atomic E-state index is 0.00689. The standard InChI is InChI=1S/C27H32N2O6/c1-18(10-11-25(30)29-14-12-19(13-15-29)34-17-26(31)32)28-27(33)35-16-24-22-8-4-2-6-20(22)21-7-3-5-9-23(21)24/h2-9,18-19,24H,10-17H2,1H3,(H,28,33)(H,31,32). The number of nitrogens with one attached hydrogen (secondary N) is 1. The Hall–Kier alpha value is -3.39. The van der Waals surface area contributed by atoms with Crippen molar-refractivity contribution in [1.82, 2.24) is 10.2 Å². The Kier molecular flexibility index (Phi) is 8.02. The summed E-state index contributed by atoms with van der Waals surface area (Å²) in [5.74, 6) is -0.947. The van der Waals surface area contributed by atoms with Gasteiger partial charge in [0.25, 0.3) is 0 Å². The monoisotopic (exact) mass is 480 g/mol. The molecule has 0 aromatic heterocycles. The van der Waals surface area contributed by atoms with Gasteiger partial charge in [-0.25, -0.2) is 9.59 Å².